The van der Waals surface area contributed by atoms with Crippen LogP contribution in [0.4, 0.5) is 10.5 Å². The van der Waals surface area contributed by atoms with E-state index in [2.05, 4.69) is 22.2 Å². The van der Waals surface area contributed by atoms with Crippen LogP contribution in [-0.4, -0.2) is 22.7 Å². The molecule has 1 aromatic heterocycles. The molecular formula is C19H19N3O2. The lowest BCUT2D eigenvalue weighted by Gasteiger charge is -2.11. The Balaban J connectivity index is 1.92. The van der Waals surface area contributed by atoms with Crippen molar-refractivity contribution < 1.29 is 9.53 Å². The second kappa shape index (κ2) is 7.55. The summed E-state index contributed by atoms with van der Waals surface area (Å²) >= 11 is 0. The minimum Gasteiger partial charge on any atom is -0.449 e. The van der Waals surface area contributed by atoms with E-state index in [1.165, 1.54) is 0 Å². The molecule has 0 aliphatic rings. The van der Waals surface area contributed by atoms with Crippen LogP contribution in [0.1, 0.15) is 19.8 Å². The molecule has 3 rings (SSSR count). The fourth-order valence-electron chi connectivity index (χ4n) is 2.51. The van der Waals surface area contributed by atoms with E-state index in [0.29, 0.717) is 18.1 Å². The van der Waals surface area contributed by atoms with Crippen molar-refractivity contribution in [3.05, 3.63) is 54.9 Å². The van der Waals surface area contributed by atoms with Gasteiger partial charge in [-0.25, -0.2) is 14.8 Å². The summed E-state index contributed by atoms with van der Waals surface area (Å²) in [6.45, 7) is 2.48. The summed E-state index contributed by atoms with van der Waals surface area (Å²) in [6, 6.07) is 13.4. The molecule has 0 aliphatic carbocycles. The third-order valence-electron chi connectivity index (χ3n) is 3.70. The van der Waals surface area contributed by atoms with Crippen molar-refractivity contribution in [1.82, 2.24) is 9.97 Å². The van der Waals surface area contributed by atoms with Crippen molar-refractivity contribution in [2.45, 2.75) is 19.8 Å². The SMILES string of the molecule is CCCCOC(=O)Nc1cccc2c(-c3ncccn3)cccc12. The van der Waals surface area contributed by atoms with Gasteiger partial charge in [-0.15, -0.1) is 0 Å². The van der Waals surface area contributed by atoms with Gasteiger partial charge in [0.2, 0.25) is 0 Å². The molecule has 122 valence electrons. The number of unbranched alkanes of at least 4 members (excludes halogenated alkanes) is 1. The lowest BCUT2D eigenvalue weighted by molar-refractivity contribution is 0.160. The maximum atomic E-state index is 11.9. The average molecular weight is 321 g/mol. The van der Waals surface area contributed by atoms with Crippen molar-refractivity contribution >= 4 is 22.6 Å². The summed E-state index contributed by atoms with van der Waals surface area (Å²) in [7, 11) is 0. The summed E-state index contributed by atoms with van der Waals surface area (Å²) in [6.07, 6.45) is 4.85. The van der Waals surface area contributed by atoms with Gasteiger partial charge in [-0.05, 0) is 23.9 Å². The molecule has 0 radical (unpaired) electrons. The lowest BCUT2D eigenvalue weighted by Crippen LogP contribution is -2.14. The summed E-state index contributed by atoms with van der Waals surface area (Å²) in [5.74, 6) is 0.658. The maximum Gasteiger partial charge on any atom is 0.411 e. The molecule has 3 aromatic rings. The van der Waals surface area contributed by atoms with Gasteiger partial charge in [-0.1, -0.05) is 43.7 Å². The number of carbonyl (C=O) groups excluding carboxylic acids is 1. The van der Waals surface area contributed by atoms with E-state index in [0.717, 1.165) is 29.2 Å². The van der Waals surface area contributed by atoms with Gasteiger partial charge in [0.15, 0.2) is 5.82 Å². The Labute approximate surface area is 140 Å². The quantitative estimate of drug-likeness (QED) is 0.695. The topological polar surface area (TPSA) is 64.1 Å². The van der Waals surface area contributed by atoms with E-state index < -0.39 is 6.09 Å². The Hall–Kier alpha value is -2.95. The largest absolute Gasteiger partial charge is 0.449 e. The monoisotopic (exact) mass is 321 g/mol. The van der Waals surface area contributed by atoms with Crippen LogP contribution in [0.2, 0.25) is 0 Å². The van der Waals surface area contributed by atoms with Gasteiger partial charge in [0.05, 0.1) is 12.3 Å². The highest BCUT2D eigenvalue weighted by molar-refractivity contribution is 6.05. The normalized spacial score (nSPS) is 10.5. The molecular weight excluding hydrogens is 302 g/mol. The van der Waals surface area contributed by atoms with E-state index in [1.807, 2.05) is 36.4 Å². The minimum atomic E-state index is -0.433. The molecule has 0 aliphatic heterocycles. The number of aromatic nitrogens is 2. The van der Waals surface area contributed by atoms with Crippen LogP contribution in [0, 0.1) is 0 Å². The van der Waals surface area contributed by atoms with Gasteiger partial charge < -0.3 is 4.74 Å². The summed E-state index contributed by atoms with van der Waals surface area (Å²) in [4.78, 5) is 20.6. The van der Waals surface area contributed by atoms with Crippen molar-refractivity contribution in [3.63, 3.8) is 0 Å². The molecule has 0 spiro atoms. The Kier molecular flexibility index (Phi) is 5.01. The van der Waals surface area contributed by atoms with E-state index in [4.69, 9.17) is 4.74 Å². The molecule has 0 unspecified atom stereocenters. The van der Waals surface area contributed by atoms with Crippen molar-refractivity contribution in [1.29, 1.82) is 0 Å². The highest BCUT2D eigenvalue weighted by Crippen LogP contribution is 2.30. The fraction of sp³-hybridized carbons (Fsp3) is 0.211. The zero-order valence-electron chi connectivity index (χ0n) is 13.5. The Bertz CT molecular complexity index is 834. The van der Waals surface area contributed by atoms with E-state index in [9.17, 15) is 4.79 Å². The van der Waals surface area contributed by atoms with Crippen LogP contribution in [0.3, 0.4) is 0 Å². The van der Waals surface area contributed by atoms with Crippen LogP contribution < -0.4 is 5.32 Å². The third kappa shape index (κ3) is 3.51. The number of ether oxygens (including phenoxy) is 1. The van der Waals surface area contributed by atoms with Crippen LogP contribution >= 0.6 is 0 Å². The van der Waals surface area contributed by atoms with E-state index in [1.54, 1.807) is 18.5 Å². The second-order valence-electron chi connectivity index (χ2n) is 5.39. The molecule has 2 aromatic carbocycles. The van der Waals surface area contributed by atoms with Crippen molar-refractivity contribution in [3.8, 4) is 11.4 Å². The summed E-state index contributed by atoms with van der Waals surface area (Å²) < 4.78 is 5.18. The smallest absolute Gasteiger partial charge is 0.411 e. The van der Waals surface area contributed by atoms with Crippen molar-refractivity contribution in [2.24, 2.45) is 0 Å². The number of nitrogens with zero attached hydrogens (tertiary/aromatic N) is 2. The zero-order chi connectivity index (χ0) is 16.8. The van der Waals surface area contributed by atoms with E-state index >= 15 is 0 Å². The first-order chi connectivity index (χ1) is 11.8. The molecule has 5 heteroatoms. The Morgan fingerprint density at radius 2 is 1.79 bits per heavy atom. The van der Waals surface area contributed by atoms with Crippen LogP contribution in [-0.2, 0) is 4.74 Å². The van der Waals surface area contributed by atoms with Crippen LogP contribution in [0.5, 0.6) is 0 Å². The number of anilines is 1. The summed E-state index contributed by atoms with van der Waals surface area (Å²) in [5.41, 5.74) is 1.64. The molecule has 0 bridgehead atoms. The predicted molar refractivity (Wildman–Crippen MR) is 94.9 cm³/mol. The number of rotatable bonds is 5. The first-order valence-corrected chi connectivity index (χ1v) is 8.02. The van der Waals surface area contributed by atoms with E-state index in [-0.39, 0.29) is 0 Å². The second-order valence-corrected chi connectivity index (χ2v) is 5.39. The highest BCUT2D eigenvalue weighted by Gasteiger charge is 2.10. The number of hydrogen-bond acceptors (Lipinski definition) is 4. The molecule has 1 heterocycles. The van der Waals surface area contributed by atoms with Gasteiger partial charge in [0.1, 0.15) is 0 Å². The third-order valence-corrected chi connectivity index (χ3v) is 3.70. The molecule has 0 atom stereocenters. The number of fused-ring (bicyclic) bond motifs is 1. The molecule has 1 N–H and O–H groups in total. The number of hydrogen-bond donors (Lipinski definition) is 1. The molecule has 5 nitrogen and oxygen atoms in total. The molecule has 0 fully saturated rings. The van der Waals surface area contributed by atoms with Gasteiger partial charge in [0.25, 0.3) is 0 Å². The highest BCUT2D eigenvalue weighted by atomic mass is 16.5. The fourth-order valence-corrected chi connectivity index (χ4v) is 2.51. The number of nitrogens with one attached hydrogen (secondary N) is 1. The Morgan fingerprint density at radius 3 is 2.58 bits per heavy atom. The minimum absolute atomic E-state index is 0.427. The molecule has 0 saturated heterocycles. The van der Waals surface area contributed by atoms with Gasteiger partial charge in [0, 0.05) is 23.3 Å². The van der Waals surface area contributed by atoms with Crippen LogP contribution in [0.15, 0.2) is 54.9 Å². The maximum absolute atomic E-state index is 11.9. The standard InChI is InChI=1S/C19H19N3O2/c1-2-3-13-24-19(23)22-17-10-5-7-14-15(17)8-4-9-16(14)18-20-11-6-12-21-18/h4-12H,2-3,13H2,1H3,(H,22,23). The van der Waals surface area contributed by atoms with Crippen molar-refractivity contribution in [2.75, 3.05) is 11.9 Å². The van der Waals surface area contributed by atoms with Gasteiger partial charge in [-0.3, -0.25) is 5.32 Å². The first-order valence-electron chi connectivity index (χ1n) is 8.02. The predicted octanol–water partition coefficient (Wildman–Crippen LogP) is 4.65. The first kappa shape index (κ1) is 15.9. The number of amides is 1. The number of benzene rings is 2. The Morgan fingerprint density at radius 1 is 1.04 bits per heavy atom. The summed E-state index contributed by atoms with van der Waals surface area (Å²) in [5, 5.41) is 4.73. The van der Waals surface area contributed by atoms with Gasteiger partial charge >= 0.3 is 6.09 Å². The molecule has 0 saturated carbocycles. The average Bonchev–Trinajstić information content (AvgIpc) is 2.62. The van der Waals surface area contributed by atoms with Gasteiger partial charge in [-0.2, -0.15) is 0 Å². The van der Waals surface area contributed by atoms with Crippen LogP contribution in [0.25, 0.3) is 22.2 Å². The lowest BCUT2D eigenvalue weighted by atomic mass is 10.0. The molecule has 1 amide bonds. The molecule has 24 heavy (non-hydrogen) atoms. The number of carbonyl (C=O) groups is 1. The zero-order valence-corrected chi connectivity index (χ0v) is 13.5.